The molecule has 1 aromatic rings. The molecule has 0 saturated heterocycles. The third-order valence-corrected chi connectivity index (χ3v) is 3.80. The van der Waals surface area contributed by atoms with Gasteiger partial charge in [-0.3, -0.25) is 9.59 Å². The van der Waals surface area contributed by atoms with Gasteiger partial charge in [0.2, 0.25) is 0 Å². The Morgan fingerprint density at radius 2 is 1.64 bits per heavy atom. The molecular formula is C17H29N3O2. The normalized spacial score (nSPS) is 11.4. The van der Waals surface area contributed by atoms with Crippen LogP contribution in [0, 0.1) is 11.8 Å². The molecule has 0 aromatic carbocycles. The van der Waals surface area contributed by atoms with E-state index in [1.54, 1.807) is 4.68 Å². The van der Waals surface area contributed by atoms with Crippen LogP contribution in [0.4, 0.5) is 0 Å². The van der Waals surface area contributed by atoms with Gasteiger partial charge >= 0.3 is 0 Å². The number of carbonyl (C=O) groups is 2. The van der Waals surface area contributed by atoms with Gasteiger partial charge in [-0.2, -0.15) is 0 Å². The zero-order chi connectivity index (χ0) is 16.5. The summed E-state index contributed by atoms with van der Waals surface area (Å²) < 4.78 is 1.62. The molecule has 5 nitrogen and oxygen atoms in total. The second-order valence-corrected chi connectivity index (χ2v) is 6.56. The number of aryl methyl sites for hydroxylation is 1. The van der Waals surface area contributed by atoms with Gasteiger partial charge in [-0.05, 0) is 19.3 Å². The summed E-state index contributed by atoms with van der Waals surface area (Å²) in [7, 11) is 0. The molecule has 22 heavy (non-hydrogen) atoms. The number of aromatic nitrogens is 3. The predicted molar refractivity (Wildman–Crippen MR) is 86.5 cm³/mol. The van der Waals surface area contributed by atoms with Crippen molar-refractivity contribution in [2.75, 3.05) is 0 Å². The minimum Gasteiger partial charge on any atom is -0.299 e. The van der Waals surface area contributed by atoms with Crippen molar-refractivity contribution in [1.82, 2.24) is 15.0 Å². The summed E-state index contributed by atoms with van der Waals surface area (Å²) in [6.07, 6.45) is 7.66. The van der Waals surface area contributed by atoms with E-state index < -0.39 is 0 Å². The van der Waals surface area contributed by atoms with Gasteiger partial charge in [0, 0.05) is 24.5 Å². The Bertz CT molecular complexity index is 478. The number of Topliss-reactive ketones (excluding diaryl/α,β-unsaturated/α-hetero) is 2. The van der Waals surface area contributed by atoms with E-state index in [2.05, 4.69) is 10.3 Å². The number of unbranched alkanes of at least 4 members (excludes halogenated alkanes) is 3. The third kappa shape index (κ3) is 6.96. The SMILES string of the molecule is CC(C)C(=O)CCCCCCc1cn(CC(=O)C(C)C)nn1. The van der Waals surface area contributed by atoms with Crippen molar-refractivity contribution in [2.24, 2.45) is 11.8 Å². The van der Waals surface area contributed by atoms with Gasteiger partial charge in [0.1, 0.15) is 12.3 Å². The standard InChI is InChI=1S/C17H29N3O2/c1-13(2)16(21)10-8-6-5-7-9-15-11-20(19-18-15)12-17(22)14(3)4/h11,13-14H,5-10,12H2,1-4H3. The first kappa shape index (κ1) is 18.5. The fourth-order valence-corrected chi connectivity index (χ4v) is 2.12. The first-order chi connectivity index (χ1) is 10.4. The van der Waals surface area contributed by atoms with Crippen LogP contribution < -0.4 is 0 Å². The molecule has 0 aliphatic rings. The maximum Gasteiger partial charge on any atom is 0.156 e. The number of hydrogen-bond donors (Lipinski definition) is 0. The molecular weight excluding hydrogens is 278 g/mol. The van der Waals surface area contributed by atoms with Crippen LogP contribution in [0.3, 0.4) is 0 Å². The van der Waals surface area contributed by atoms with Crippen molar-refractivity contribution < 1.29 is 9.59 Å². The minimum atomic E-state index is 0.0289. The summed E-state index contributed by atoms with van der Waals surface area (Å²) in [5.41, 5.74) is 0.940. The van der Waals surface area contributed by atoms with Crippen molar-refractivity contribution >= 4 is 11.6 Å². The molecule has 5 heteroatoms. The van der Waals surface area contributed by atoms with Crippen LogP contribution in [0.25, 0.3) is 0 Å². The average molecular weight is 307 g/mol. The second kappa shape index (κ2) is 9.49. The molecule has 1 rings (SSSR count). The largest absolute Gasteiger partial charge is 0.299 e. The highest BCUT2D eigenvalue weighted by Crippen LogP contribution is 2.10. The van der Waals surface area contributed by atoms with Gasteiger partial charge in [-0.1, -0.05) is 45.7 Å². The fourth-order valence-electron chi connectivity index (χ4n) is 2.12. The Labute approximate surface area is 133 Å². The smallest absolute Gasteiger partial charge is 0.156 e. The molecule has 0 N–H and O–H groups in total. The average Bonchev–Trinajstić information content (AvgIpc) is 2.89. The van der Waals surface area contributed by atoms with Crippen LogP contribution in [0.5, 0.6) is 0 Å². The maximum absolute atomic E-state index is 11.6. The van der Waals surface area contributed by atoms with E-state index in [-0.39, 0.29) is 17.6 Å². The number of nitrogens with zero attached hydrogens (tertiary/aromatic N) is 3. The Kier molecular flexibility index (Phi) is 7.99. The van der Waals surface area contributed by atoms with Crippen LogP contribution in [-0.4, -0.2) is 26.6 Å². The molecule has 0 radical (unpaired) electrons. The van der Waals surface area contributed by atoms with Crippen LogP contribution in [-0.2, 0) is 22.6 Å². The van der Waals surface area contributed by atoms with Crippen molar-refractivity contribution in [2.45, 2.75) is 72.8 Å². The highest BCUT2D eigenvalue weighted by Gasteiger charge is 2.10. The Morgan fingerprint density at radius 3 is 2.27 bits per heavy atom. The Balaban J connectivity index is 2.17. The minimum absolute atomic E-state index is 0.0289. The first-order valence-corrected chi connectivity index (χ1v) is 8.34. The van der Waals surface area contributed by atoms with Crippen LogP contribution in [0.2, 0.25) is 0 Å². The van der Waals surface area contributed by atoms with E-state index in [1.165, 1.54) is 0 Å². The molecule has 0 saturated carbocycles. The van der Waals surface area contributed by atoms with Gasteiger partial charge < -0.3 is 0 Å². The highest BCUT2D eigenvalue weighted by molar-refractivity contribution is 5.80. The van der Waals surface area contributed by atoms with Gasteiger partial charge in [-0.15, -0.1) is 5.10 Å². The molecule has 1 heterocycles. The summed E-state index contributed by atoms with van der Waals surface area (Å²) in [6.45, 7) is 8.00. The van der Waals surface area contributed by atoms with Crippen LogP contribution in [0.15, 0.2) is 6.20 Å². The van der Waals surface area contributed by atoms with Crippen molar-refractivity contribution in [3.63, 3.8) is 0 Å². The summed E-state index contributed by atoms with van der Waals surface area (Å²) in [5, 5.41) is 8.10. The zero-order valence-electron chi connectivity index (χ0n) is 14.3. The van der Waals surface area contributed by atoms with Crippen LogP contribution >= 0.6 is 0 Å². The lowest BCUT2D eigenvalue weighted by molar-refractivity contribution is -0.123. The van der Waals surface area contributed by atoms with Crippen molar-refractivity contribution in [3.8, 4) is 0 Å². The maximum atomic E-state index is 11.6. The van der Waals surface area contributed by atoms with E-state index in [4.69, 9.17) is 0 Å². The van der Waals surface area contributed by atoms with Gasteiger partial charge in [0.25, 0.3) is 0 Å². The van der Waals surface area contributed by atoms with Gasteiger partial charge in [0.05, 0.1) is 5.69 Å². The first-order valence-electron chi connectivity index (χ1n) is 8.34. The van der Waals surface area contributed by atoms with E-state index >= 15 is 0 Å². The molecule has 0 bridgehead atoms. The topological polar surface area (TPSA) is 64.8 Å². The van der Waals surface area contributed by atoms with E-state index in [1.807, 2.05) is 33.9 Å². The van der Waals surface area contributed by atoms with Crippen molar-refractivity contribution in [1.29, 1.82) is 0 Å². The quantitative estimate of drug-likeness (QED) is 0.589. The summed E-state index contributed by atoms with van der Waals surface area (Å²) in [5.74, 6) is 0.717. The Morgan fingerprint density at radius 1 is 1.00 bits per heavy atom. The molecule has 0 aliphatic carbocycles. The lowest BCUT2D eigenvalue weighted by atomic mass is 10.0. The zero-order valence-corrected chi connectivity index (χ0v) is 14.3. The number of hydrogen-bond acceptors (Lipinski definition) is 4. The number of ketones is 2. The molecule has 0 atom stereocenters. The summed E-state index contributed by atoms with van der Waals surface area (Å²) >= 11 is 0. The molecule has 124 valence electrons. The fraction of sp³-hybridized carbons (Fsp3) is 0.765. The molecule has 0 amide bonds. The van der Waals surface area contributed by atoms with Gasteiger partial charge in [-0.25, -0.2) is 4.68 Å². The molecule has 0 spiro atoms. The summed E-state index contributed by atoms with van der Waals surface area (Å²) in [4.78, 5) is 23.1. The monoisotopic (exact) mass is 307 g/mol. The number of rotatable bonds is 11. The predicted octanol–water partition coefficient (Wildman–Crippen LogP) is 3.22. The highest BCUT2D eigenvalue weighted by atomic mass is 16.1. The third-order valence-electron chi connectivity index (χ3n) is 3.80. The second-order valence-electron chi connectivity index (χ2n) is 6.56. The lowest BCUT2D eigenvalue weighted by Crippen LogP contribution is -2.15. The van der Waals surface area contributed by atoms with Crippen LogP contribution in [0.1, 0.15) is 65.5 Å². The molecule has 0 unspecified atom stereocenters. The molecule has 1 aromatic heterocycles. The number of carbonyl (C=O) groups excluding carboxylic acids is 2. The Hall–Kier alpha value is -1.52. The molecule has 0 aliphatic heterocycles. The van der Waals surface area contributed by atoms with E-state index in [0.717, 1.165) is 37.8 Å². The van der Waals surface area contributed by atoms with Crippen molar-refractivity contribution in [3.05, 3.63) is 11.9 Å². The summed E-state index contributed by atoms with van der Waals surface area (Å²) in [6, 6.07) is 0. The van der Waals surface area contributed by atoms with E-state index in [0.29, 0.717) is 18.7 Å². The molecule has 0 fully saturated rings. The van der Waals surface area contributed by atoms with E-state index in [9.17, 15) is 9.59 Å². The lowest BCUT2D eigenvalue weighted by Gasteiger charge is -2.03. The van der Waals surface area contributed by atoms with Gasteiger partial charge in [0.15, 0.2) is 5.78 Å².